The number of fused-ring (bicyclic) bond motifs is 1. The van der Waals surface area contributed by atoms with Crippen LogP contribution in [0.15, 0.2) is 146 Å². The fourth-order valence-electron chi connectivity index (χ4n) is 5.31. The fourth-order valence-corrected chi connectivity index (χ4v) is 5.31. The third-order valence-corrected chi connectivity index (χ3v) is 7.37. The van der Waals surface area contributed by atoms with Crippen LogP contribution in [0.4, 0.5) is 0 Å². The molecule has 0 bridgehead atoms. The Labute approximate surface area is 244 Å². The first-order valence-corrected chi connectivity index (χ1v) is 13.8. The summed E-state index contributed by atoms with van der Waals surface area (Å²) in [6, 6.07) is 51.1. The highest BCUT2D eigenvalue weighted by atomic mass is 15.0. The zero-order valence-corrected chi connectivity index (χ0v) is 22.6. The van der Waals surface area contributed by atoms with Crippen molar-refractivity contribution in [1.29, 1.82) is 5.26 Å². The van der Waals surface area contributed by atoms with Gasteiger partial charge in [0.05, 0.1) is 11.6 Å². The van der Waals surface area contributed by atoms with Gasteiger partial charge in [-0.25, -0.2) is 15.0 Å². The van der Waals surface area contributed by atoms with E-state index >= 15 is 0 Å². The van der Waals surface area contributed by atoms with Crippen molar-refractivity contribution in [3.05, 3.63) is 151 Å². The standard InChI is InChI=1S/C38H24N4/c39-25-26-10-7-17-32(24-26)27-20-22-28(23-21-27)33-18-8-15-29-16-9-19-34(35(29)33)38-41-36(30-11-3-1-4-12-30)40-37(42-38)31-13-5-2-6-14-31/h1-24H. The van der Waals surface area contributed by atoms with Gasteiger partial charge in [0, 0.05) is 22.1 Å². The molecule has 0 radical (unpaired) electrons. The van der Waals surface area contributed by atoms with Gasteiger partial charge in [-0.2, -0.15) is 5.26 Å². The van der Waals surface area contributed by atoms with Crippen LogP contribution in [0.2, 0.25) is 0 Å². The van der Waals surface area contributed by atoms with E-state index < -0.39 is 0 Å². The van der Waals surface area contributed by atoms with Gasteiger partial charge in [0.15, 0.2) is 17.5 Å². The topological polar surface area (TPSA) is 62.5 Å². The van der Waals surface area contributed by atoms with E-state index in [4.69, 9.17) is 15.0 Å². The van der Waals surface area contributed by atoms with E-state index in [-0.39, 0.29) is 0 Å². The molecular weight excluding hydrogens is 512 g/mol. The Balaban J connectivity index is 1.40. The molecule has 0 amide bonds. The van der Waals surface area contributed by atoms with Crippen molar-refractivity contribution in [1.82, 2.24) is 15.0 Å². The summed E-state index contributed by atoms with van der Waals surface area (Å²) in [5.74, 6) is 1.90. The Bertz CT molecular complexity index is 2010. The van der Waals surface area contributed by atoms with Gasteiger partial charge in [-0.05, 0) is 39.8 Å². The third-order valence-electron chi connectivity index (χ3n) is 7.37. The van der Waals surface area contributed by atoms with Crippen LogP contribution in [0, 0.1) is 11.3 Å². The number of nitrogens with zero attached hydrogens (tertiary/aromatic N) is 4. The normalized spacial score (nSPS) is 10.8. The average Bonchev–Trinajstić information content (AvgIpc) is 3.08. The SMILES string of the molecule is N#Cc1cccc(-c2ccc(-c3cccc4cccc(-c5nc(-c6ccccc6)nc(-c6ccccc6)n5)c34)cc2)c1. The summed E-state index contributed by atoms with van der Waals surface area (Å²) in [4.78, 5) is 14.9. The molecule has 4 nitrogen and oxygen atoms in total. The second-order valence-corrected chi connectivity index (χ2v) is 10.0. The molecule has 0 aliphatic carbocycles. The van der Waals surface area contributed by atoms with Gasteiger partial charge in [0.2, 0.25) is 0 Å². The molecule has 1 heterocycles. The summed E-state index contributed by atoms with van der Waals surface area (Å²) >= 11 is 0. The van der Waals surface area contributed by atoms with Crippen LogP contribution in [-0.4, -0.2) is 15.0 Å². The predicted octanol–water partition coefficient (Wildman–Crippen LogP) is 9.23. The Morgan fingerprint density at radius 3 is 1.55 bits per heavy atom. The van der Waals surface area contributed by atoms with Crippen molar-refractivity contribution in [2.45, 2.75) is 0 Å². The average molecular weight is 537 g/mol. The summed E-state index contributed by atoms with van der Waals surface area (Å²) < 4.78 is 0. The van der Waals surface area contributed by atoms with Crippen LogP contribution < -0.4 is 0 Å². The lowest BCUT2D eigenvalue weighted by atomic mass is 9.93. The molecule has 7 aromatic rings. The molecule has 7 rings (SSSR count). The van der Waals surface area contributed by atoms with Crippen molar-refractivity contribution in [3.63, 3.8) is 0 Å². The minimum Gasteiger partial charge on any atom is -0.208 e. The molecule has 0 saturated carbocycles. The van der Waals surface area contributed by atoms with Crippen LogP contribution in [0.25, 0.3) is 67.2 Å². The van der Waals surface area contributed by atoms with E-state index in [1.165, 1.54) is 0 Å². The summed E-state index contributed by atoms with van der Waals surface area (Å²) in [7, 11) is 0. The lowest BCUT2D eigenvalue weighted by Gasteiger charge is -2.14. The van der Waals surface area contributed by atoms with Gasteiger partial charge in [-0.3, -0.25) is 0 Å². The van der Waals surface area contributed by atoms with Gasteiger partial charge < -0.3 is 0 Å². The molecule has 6 aromatic carbocycles. The first kappa shape index (κ1) is 25.1. The molecule has 0 saturated heterocycles. The highest BCUT2D eigenvalue weighted by Gasteiger charge is 2.16. The molecule has 4 heteroatoms. The van der Waals surface area contributed by atoms with Crippen LogP contribution >= 0.6 is 0 Å². The zero-order chi connectivity index (χ0) is 28.3. The number of nitriles is 1. The summed E-state index contributed by atoms with van der Waals surface area (Å²) in [6.45, 7) is 0. The van der Waals surface area contributed by atoms with Crippen LogP contribution in [-0.2, 0) is 0 Å². The second-order valence-electron chi connectivity index (χ2n) is 10.0. The molecule has 0 spiro atoms. The zero-order valence-electron chi connectivity index (χ0n) is 22.6. The summed E-state index contributed by atoms with van der Waals surface area (Å²) in [6.07, 6.45) is 0. The number of aromatic nitrogens is 3. The largest absolute Gasteiger partial charge is 0.208 e. The molecule has 0 unspecified atom stereocenters. The van der Waals surface area contributed by atoms with E-state index in [1.54, 1.807) is 0 Å². The summed E-state index contributed by atoms with van der Waals surface area (Å²) in [5, 5.41) is 11.5. The van der Waals surface area contributed by atoms with Crippen molar-refractivity contribution in [2.75, 3.05) is 0 Å². The van der Waals surface area contributed by atoms with Crippen LogP contribution in [0.5, 0.6) is 0 Å². The number of hydrogen-bond donors (Lipinski definition) is 0. The minimum atomic E-state index is 0.630. The van der Waals surface area contributed by atoms with E-state index in [9.17, 15) is 5.26 Å². The molecule has 0 aliphatic rings. The van der Waals surface area contributed by atoms with Gasteiger partial charge >= 0.3 is 0 Å². The Hall–Kier alpha value is -5.92. The quantitative estimate of drug-likeness (QED) is 0.220. The molecular formula is C38H24N4. The van der Waals surface area contributed by atoms with E-state index in [1.807, 2.05) is 84.9 Å². The monoisotopic (exact) mass is 536 g/mol. The van der Waals surface area contributed by atoms with Gasteiger partial charge in [-0.1, -0.05) is 133 Å². The molecule has 196 valence electrons. The molecule has 0 N–H and O–H groups in total. The molecule has 0 fully saturated rings. The Morgan fingerprint density at radius 1 is 0.405 bits per heavy atom. The highest BCUT2D eigenvalue weighted by molar-refractivity contribution is 6.05. The molecule has 42 heavy (non-hydrogen) atoms. The van der Waals surface area contributed by atoms with Crippen molar-refractivity contribution < 1.29 is 0 Å². The maximum Gasteiger partial charge on any atom is 0.164 e. The van der Waals surface area contributed by atoms with Gasteiger partial charge in [-0.15, -0.1) is 0 Å². The summed E-state index contributed by atoms with van der Waals surface area (Å²) in [5.41, 5.74) is 7.75. The Kier molecular flexibility index (Phi) is 6.52. The van der Waals surface area contributed by atoms with Crippen molar-refractivity contribution in [3.8, 4) is 62.5 Å². The molecule has 0 atom stereocenters. The highest BCUT2D eigenvalue weighted by Crippen LogP contribution is 2.37. The van der Waals surface area contributed by atoms with Gasteiger partial charge in [0.25, 0.3) is 0 Å². The first-order valence-electron chi connectivity index (χ1n) is 13.8. The lowest BCUT2D eigenvalue weighted by Crippen LogP contribution is -2.00. The molecule has 1 aromatic heterocycles. The van der Waals surface area contributed by atoms with E-state index in [2.05, 4.69) is 66.7 Å². The van der Waals surface area contributed by atoms with E-state index in [0.717, 1.165) is 49.7 Å². The lowest BCUT2D eigenvalue weighted by molar-refractivity contribution is 1.08. The smallest absolute Gasteiger partial charge is 0.164 e. The minimum absolute atomic E-state index is 0.630. The maximum absolute atomic E-state index is 9.32. The predicted molar refractivity (Wildman–Crippen MR) is 169 cm³/mol. The second kappa shape index (κ2) is 10.9. The molecule has 0 aliphatic heterocycles. The number of benzene rings is 6. The Morgan fingerprint density at radius 2 is 0.929 bits per heavy atom. The van der Waals surface area contributed by atoms with E-state index in [0.29, 0.717) is 23.0 Å². The first-order chi connectivity index (χ1) is 20.8. The van der Waals surface area contributed by atoms with Gasteiger partial charge in [0.1, 0.15) is 0 Å². The number of hydrogen-bond acceptors (Lipinski definition) is 4. The fraction of sp³-hybridized carbons (Fsp3) is 0. The number of rotatable bonds is 5. The van der Waals surface area contributed by atoms with Crippen molar-refractivity contribution >= 4 is 10.8 Å². The third kappa shape index (κ3) is 4.81. The van der Waals surface area contributed by atoms with Crippen LogP contribution in [0.1, 0.15) is 5.56 Å². The van der Waals surface area contributed by atoms with Crippen LogP contribution in [0.3, 0.4) is 0 Å². The maximum atomic E-state index is 9.32. The van der Waals surface area contributed by atoms with Crippen molar-refractivity contribution in [2.24, 2.45) is 0 Å².